The summed E-state index contributed by atoms with van der Waals surface area (Å²) in [6.07, 6.45) is 2.60. The van der Waals surface area contributed by atoms with E-state index < -0.39 is 10.0 Å². The van der Waals surface area contributed by atoms with E-state index in [4.69, 9.17) is 9.88 Å². The number of benzene rings is 2. The van der Waals surface area contributed by atoms with E-state index in [1.165, 1.54) is 25.3 Å². The van der Waals surface area contributed by atoms with Gasteiger partial charge in [0.25, 0.3) is 5.91 Å². The zero-order valence-corrected chi connectivity index (χ0v) is 17.4. The van der Waals surface area contributed by atoms with Crippen molar-refractivity contribution >= 4 is 27.5 Å². The maximum atomic E-state index is 12.6. The van der Waals surface area contributed by atoms with Crippen LogP contribution in [0.3, 0.4) is 0 Å². The number of ether oxygens (including phenoxy) is 1. The number of anilines is 1. The molecule has 0 radical (unpaired) electrons. The molecule has 8 nitrogen and oxygen atoms in total. The molecule has 1 saturated carbocycles. The standard InChI is InChI=1S/C21H25N3O5S/c1-29-19-8-3-2-7-18(19)21(26)23-15-11-9-14(10-12-15)20(25)24-16-5-4-6-17(13-16)30(22,27)28/h2-8,13-15H,9-12H2,1H3,(H,23,26)(H,24,25)(H2,22,27,28). The van der Waals surface area contributed by atoms with Crippen LogP contribution in [0.2, 0.25) is 0 Å². The Morgan fingerprint density at radius 3 is 2.40 bits per heavy atom. The minimum atomic E-state index is -3.83. The van der Waals surface area contributed by atoms with Gasteiger partial charge in [-0.15, -0.1) is 0 Å². The van der Waals surface area contributed by atoms with Crippen molar-refractivity contribution in [2.24, 2.45) is 11.1 Å². The second kappa shape index (κ2) is 9.27. The van der Waals surface area contributed by atoms with Gasteiger partial charge in [-0.05, 0) is 56.0 Å². The lowest BCUT2D eigenvalue weighted by Crippen LogP contribution is -2.39. The summed E-state index contributed by atoms with van der Waals surface area (Å²) in [7, 11) is -2.31. The van der Waals surface area contributed by atoms with Crippen molar-refractivity contribution in [3.8, 4) is 5.75 Å². The maximum Gasteiger partial charge on any atom is 0.255 e. The Kier molecular flexibility index (Phi) is 6.73. The van der Waals surface area contributed by atoms with Gasteiger partial charge in [-0.3, -0.25) is 9.59 Å². The summed E-state index contributed by atoms with van der Waals surface area (Å²) in [4.78, 5) is 25.0. The molecular weight excluding hydrogens is 406 g/mol. The first-order valence-corrected chi connectivity index (χ1v) is 11.2. The molecule has 1 aliphatic rings. The van der Waals surface area contributed by atoms with E-state index in [9.17, 15) is 18.0 Å². The number of carbonyl (C=O) groups excluding carboxylic acids is 2. The number of nitrogens with one attached hydrogen (secondary N) is 2. The molecule has 30 heavy (non-hydrogen) atoms. The summed E-state index contributed by atoms with van der Waals surface area (Å²) < 4.78 is 28.2. The minimum absolute atomic E-state index is 0.0165. The van der Waals surface area contributed by atoms with Crippen LogP contribution in [-0.4, -0.2) is 33.4 Å². The van der Waals surface area contributed by atoms with Crippen LogP contribution in [0, 0.1) is 5.92 Å². The third kappa shape index (κ3) is 5.37. The van der Waals surface area contributed by atoms with Gasteiger partial charge in [0.05, 0.1) is 17.6 Å². The first kappa shape index (κ1) is 21.8. The summed E-state index contributed by atoms with van der Waals surface area (Å²) in [5.41, 5.74) is 0.868. The monoisotopic (exact) mass is 431 g/mol. The summed E-state index contributed by atoms with van der Waals surface area (Å²) in [6.45, 7) is 0. The van der Waals surface area contributed by atoms with Crippen molar-refractivity contribution in [1.29, 1.82) is 0 Å². The zero-order valence-electron chi connectivity index (χ0n) is 16.6. The Morgan fingerprint density at radius 1 is 1.03 bits per heavy atom. The third-order valence-corrected chi connectivity index (χ3v) is 6.13. The highest BCUT2D eigenvalue weighted by atomic mass is 32.2. The molecule has 3 rings (SSSR count). The average molecular weight is 432 g/mol. The van der Waals surface area contributed by atoms with Crippen LogP contribution < -0.4 is 20.5 Å². The van der Waals surface area contributed by atoms with E-state index in [1.807, 2.05) is 0 Å². The molecule has 2 aromatic carbocycles. The molecule has 1 fully saturated rings. The summed E-state index contributed by atoms with van der Waals surface area (Å²) >= 11 is 0. The van der Waals surface area contributed by atoms with Crippen molar-refractivity contribution in [2.75, 3.05) is 12.4 Å². The van der Waals surface area contributed by atoms with Crippen molar-refractivity contribution in [3.05, 3.63) is 54.1 Å². The zero-order chi connectivity index (χ0) is 21.7. The predicted molar refractivity (Wildman–Crippen MR) is 113 cm³/mol. The Hall–Kier alpha value is -2.91. The van der Waals surface area contributed by atoms with Gasteiger partial charge in [-0.2, -0.15) is 0 Å². The fourth-order valence-corrected chi connectivity index (χ4v) is 4.15. The summed E-state index contributed by atoms with van der Waals surface area (Å²) in [5.74, 6) is -0.0522. The molecule has 2 amide bonds. The van der Waals surface area contributed by atoms with E-state index in [-0.39, 0.29) is 28.7 Å². The number of methoxy groups -OCH3 is 1. The molecular formula is C21H25N3O5S. The van der Waals surface area contributed by atoms with Crippen LogP contribution in [0.1, 0.15) is 36.0 Å². The number of primary sulfonamides is 1. The molecule has 9 heteroatoms. The number of hydrogen-bond acceptors (Lipinski definition) is 5. The number of carbonyl (C=O) groups is 2. The first-order valence-electron chi connectivity index (χ1n) is 9.65. The molecule has 0 saturated heterocycles. The highest BCUT2D eigenvalue weighted by molar-refractivity contribution is 7.89. The smallest absolute Gasteiger partial charge is 0.255 e. The van der Waals surface area contributed by atoms with Crippen molar-refractivity contribution in [3.63, 3.8) is 0 Å². The normalized spacial score (nSPS) is 19.0. The van der Waals surface area contributed by atoms with E-state index in [2.05, 4.69) is 10.6 Å². The maximum absolute atomic E-state index is 12.6. The lowest BCUT2D eigenvalue weighted by Gasteiger charge is -2.28. The van der Waals surface area contributed by atoms with E-state index in [0.29, 0.717) is 42.7 Å². The highest BCUT2D eigenvalue weighted by Crippen LogP contribution is 2.27. The van der Waals surface area contributed by atoms with Crippen LogP contribution in [0.5, 0.6) is 5.75 Å². The van der Waals surface area contributed by atoms with Gasteiger partial charge < -0.3 is 15.4 Å². The van der Waals surface area contributed by atoms with Crippen LogP contribution in [0.25, 0.3) is 0 Å². The molecule has 0 spiro atoms. The molecule has 0 unspecified atom stereocenters. The Labute approximate surface area is 175 Å². The van der Waals surface area contributed by atoms with Gasteiger partial charge >= 0.3 is 0 Å². The molecule has 4 N–H and O–H groups in total. The number of amides is 2. The van der Waals surface area contributed by atoms with Crippen molar-refractivity contribution in [2.45, 2.75) is 36.6 Å². The topological polar surface area (TPSA) is 128 Å². The SMILES string of the molecule is COc1ccccc1C(=O)NC1CCC(C(=O)Nc2cccc(S(N)(=O)=O)c2)CC1. The quantitative estimate of drug-likeness (QED) is 0.646. The number of rotatable bonds is 6. The predicted octanol–water partition coefficient (Wildman–Crippen LogP) is 2.27. The van der Waals surface area contributed by atoms with Crippen molar-refractivity contribution in [1.82, 2.24) is 5.32 Å². The van der Waals surface area contributed by atoms with Crippen LogP contribution in [-0.2, 0) is 14.8 Å². The lowest BCUT2D eigenvalue weighted by molar-refractivity contribution is -0.120. The molecule has 0 bridgehead atoms. The van der Waals surface area contributed by atoms with Crippen LogP contribution >= 0.6 is 0 Å². The molecule has 0 aromatic heterocycles. The van der Waals surface area contributed by atoms with Gasteiger partial charge in [-0.25, -0.2) is 13.6 Å². The van der Waals surface area contributed by atoms with Gasteiger partial charge in [-0.1, -0.05) is 18.2 Å². The largest absolute Gasteiger partial charge is 0.496 e. The van der Waals surface area contributed by atoms with Crippen molar-refractivity contribution < 1.29 is 22.7 Å². The second-order valence-electron chi connectivity index (χ2n) is 7.28. The fraction of sp³-hybridized carbons (Fsp3) is 0.333. The highest BCUT2D eigenvalue weighted by Gasteiger charge is 2.28. The van der Waals surface area contributed by atoms with E-state index >= 15 is 0 Å². The molecule has 0 aliphatic heterocycles. The van der Waals surface area contributed by atoms with Crippen LogP contribution in [0.4, 0.5) is 5.69 Å². The summed E-state index contributed by atoms with van der Waals surface area (Å²) in [5, 5.41) is 10.9. The Balaban J connectivity index is 1.54. The molecule has 0 heterocycles. The molecule has 2 aromatic rings. The van der Waals surface area contributed by atoms with E-state index in [0.717, 1.165) is 0 Å². The van der Waals surface area contributed by atoms with E-state index in [1.54, 1.807) is 30.3 Å². The number of para-hydroxylation sites is 1. The van der Waals surface area contributed by atoms with Gasteiger partial charge in [0.1, 0.15) is 5.75 Å². The van der Waals surface area contributed by atoms with Gasteiger partial charge in [0, 0.05) is 17.6 Å². The minimum Gasteiger partial charge on any atom is -0.496 e. The molecule has 1 aliphatic carbocycles. The fourth-order valence-electron chi connectivity index (χ4n) is 3.59. The molecule has 0 atom stereocenters. The van der Waals surface area contributed by atoms with Gasteiger partial charge in [0.15, 0.2) is 0 Å². The number of hydrogen-bond donors (Lipinski definition) is 3. The van der Waals surface area contributed by atoms with Gasteiger partial charge in [0.2, 0.25) is 15.9 Å². The second-order valence-corrected chi connectivity index (χ2v) is 8.85. The first-order chi connectivity index (χ1) is 14.3. The summed E-state index contributed by atoms with van der Waals surface area (Å²) in [6, 6.07) is 12.9. The number of nitrogens with two attached hydrogens (primary N) is 1. The number of sulfonamides is 1. The average Bonchev–Trinajstić information content (AvgIpc) is 2.73. The molecule has 160 valence electrons. The Bertz CT molecular complexity index is 1030. The Morgan fingerprint density at radius 2 is 1.73 bits per heavy atom. The third-order valence-electron chi connectivity index (χ3n) is 5.21. The lowest BCUT2D eigenvalue weighted by atomic mass is 9.85. The van der Waals surface area contributed by atoms with Crippen LogP contribution in [0.15, 0.2) is 53.4 Å².